The molecule has 0 atom stereocenters. The summed E-state index contributed by atoms with van der Waals surface area (Å²) in [5, 5.41) is 15.1. The van der Waals surface area contributed by atoms with Crippen LogP contribution in [0.3, 0.4) is 0 Å². The fraction of sp³-hybridized carbons (Fsp3) is 0.125. The zero-order valence-electron chi connectivity index (χ0n) is 12.5. The lowest BCUT2D eigenvalue weighted by atomic mass is 10.2. The maximum absolute atomic E-state index is 13.5. The maximum Gasteiger partial charge on any atom is 0.325 e. The Morgan fingerprint density at radius 2 is 1.96 bits per heavy atom. The van der Waals surface area contributed by atoms with Crippen LogP contribution in [-0.2, 0) is 0 Å². The highest BCUT2D eigenvalue weighted by atomic mass is 32.1. The van der Waals surface area contributed by atoms with Crippen molar-refractivity contribution in [3.8, 4) is 5.75 Å². The minimum Gasteiger partial charge on any atom is -0.508 e. The van der Waals surface area contributed by atoms with Crippen molar-refractivity contribution in [2.24, 2.45) is 0 Å². The molecule has 0 aliphatic rings. The number of carbonyl (C=O) groups is 1. The second-order valence-corrected chi connectivity index (χ2v) is 6.20. The summed E-state index contributed by atoms with van der Waals surface area (Å²) in [6.07, 6.45) is 0. The van der Waals surface area contributed by atoms with E-state index in [0.29, 0.717) is 21.9 Å². The van der Waals surface area contributed by atoms with Crippen LogP contribution in [0.5, 0.6) is 5.75 Å². The summed E-state index contributed by atoms with van der Waals surface area (Å²) in [6, 6.07) is 7.27. The average molecular weight is 331 g/mol. The lowest BCUT2D eigenvalue weighted by molar-refractivity contribution is 0.262. The van der Waals surface area contributed by atoms with Gasteiger partial charge in [0.15, 0.2) is 5.13 Å². The molecule has 3 N–H and O–H groups in total. The third kappa shape index (κ3) is 3.24. The maximum atomic E-state index is 13.5. The number of hydrogen-bond donors (Lipinski definition) is 3. The number of phenols is 1. The van der Waals surface area contributed by atoms with Gasteiger partial charge in [-0.15, -0.1) is 0 Å². The van der Waals surface area contributed by atoms with Crippen LogP contribution in [0.25, 0.3) is 10.2 Å². The lowest BCUT2D eigenvalue weighted by Crippen LogP contribution is -2.19. The van der Waals surface area contributed by atoms with E-state index in [-0.39, 0.29) is 11.6 Å². The Bertz CT molecular complexity index is 869. The van der Waals surface area contributed by atoms with E-state index in [1.54, 1.807) is 32.0 Å². The Balaban J connectivity index is 1.77. The molecule has 2 amide bonds. The van der Waals surface area contributed by atoms with Gasteiger partial charge in [0, 0.05) is 11.8 Å². The smallest absolute Gasteiger partial charge is 0.325 e. The monoisotopic (exact) mass is 331 g/mol. The number of carbonyl (C=O) groups excluding carboxylic acids is 1. The molecule has 0 saturated heterocycles. The van der Waals surface area contributed by atoms with Crippen LogP contribution in [0.2, 0.25) is 0 Å². The van der Waals surface area contributed by atoms with E-state index in [9.17, 15) is 14.3 Å². The fourth-order valence-electron chi connectivity index (χ4n) is 2.14. The predicted octanol–water partition coefficient (Wildman–Crippen LogP) is 4.40. The summed E-state index contributed by atoms with van der Waals surface area (Å²) < 4.78 is 14.3. The van der Waals surface area contributed by atoms with Crippen molar-refractivity contribution in [2.75, 3.05) is 10.6 Å². The molecule has 0 bridgehead atoms. The van der Waals surface area contributed by atoms with Crippen molar-refractivity contribution < 1.29 is 14.3 Å². The first-order chi connectivity index (χ1) is 10.9. The first-order valence-electron chi connectivity index (χ1n) is 6.86. The molecule has 0 radical (unpaired) electrons. The van der Waals surface area contributed by atoms with Gasteiger partial charge in [-0.2, -0.15) is 0 Å². The second kappa shape index (κ2) is 5.85. The first-order valence-corrected chi connectivity index (χ1v) is 7.68. The molecular formula is C16H14FN3O2S. The first kappa shape index (κ1) is 15.2. The second-order valence-electron chi connectivity index (χ2n) is 5.17. The highest BCUT2D eigenvalue weighted by Crippen LogP contribution is 2.28. The number of aromatic hydroxyl groups is 1. The normalized spacial score (nSPS) is 10.7. The number of thiazole rings is 1. The quantitative estimate of drug-likeness (QED) is 0.609. The van der Waals surface area contributed by atoms with Crippen molar-refractivity contribution in [3.63, 3.8) is 0 Å². The number of fused-ring (bicyclic) bond motifs is 1. The minimum atomic E-state index is -0.449. The van der Waals surface area contributed by atoms with Crippen LogP contribution in [0, 0.1) is 19.7 Å². The summed E-state index contributed by atoms with van der Waals surface area (Å²) in [7, 11) is 0. The highest BCUT2D eigenvalue weighted by molar-refractivity contribution is 7.22. The number of aromatic nitrogens is 1. The van der Waals surface area contributed by atoms with Crippen molar-refractivity contribution >= 4 is 38.4 Å². The predicted molar refractivity (Wildman–Crippen MR) is 89.8 cm³/mol. The van der Waals surface area contributed by atoms with Gasteiger partial charge in [0.1, 0.15) is 11.6 Å². The molecule has 5 nitrogen and oxygen atoms in total. The number of hydrogen-bond acceptors (Lipinski definition) is 4. The van der Waals surface area contributed by atoms with E-state index < -0.39 is 6.03 Å². The minimum absolute atomic E-state index is 0.136. The molecule has 1 aromatic heterocycles. The molecule has 3 aromatic rings. The van der Waals surface area contributed by atoms with Gasteiger partial charge in [-0.05, 0) is 49.2 Å². The van der Waals surface area contributed by atoms with Crippen molar-refractivity contribution in [1.29, 1.82) is 0 Å². The summed E-state index contributed by atoms with van der Waals surface area (Å²) in [5.41, 5.74) is 2.37. The Kier molecular flexibility index (Phi) is 3.87. The molecule has 0 aliphatic carbocycles. The Morgan fingerprint density at radius 3 is 2.70 bits per heavy atom. The fourth-order valence-corrected chi connectivity index (χ4v) is 3.08. The molecule has 0 fully saturated rings. The van der Waals surface area contributed by atoms with Gasteiger partial charge in [-0.3, -0.25) is 5.32 Å². The topological polar surface area (TPSA) is 74.2 Å². The number of urea groups is 1. The van der Waals surface area contributed by atoms with E-state index in [1.165, 1.54) is 23.5 Å². The number of aryl methyl sites for hydroxylation is 2. The van der Waals surface area contributed by atoms with E-state index in [1.807, 2.05) is 0 Å². The van der Waals surface area contributed by atoms with Crippen LogP contribution in [0.15, 0.2) is 30.3 Å². The number of benzene rings is 2. The van der Waals surface area contributed by atoms with Crippen LogP contribution in [0.1, 0.15) is 11.1 Å². The Morgan fingerprint density at radius 1 is 1.17 bits per heavy atom. The number of anilines is 2. The van der Waals surface area contributed by atoms with Gasteiger partial charge in [-0.1, -0.05) is 11.3 Å². The number of rotatable bonds is 2. The number of nitrogens with zero attached hydrogens (tertiary/aromatic N) is 1. The SMILES string of the molecule is Cc1cc2sc(NC(=O)Nc3ccc(O)cc3C)nc2cc1F. The molecule has 1 heterocycles. The average Bonchev–Trinajstić information content (AvgIpc) is 2.83. The molecule has 0 unspecified atom stereocenters. The lowest BCUT2D eigenvalue weighted by Gasteiger charge is -2.08. The number of nitrogens with one attached hydrogen (secondary N) is 2. The van der Waals surface area contributed by atoms with E-state index in [2.05, 4.69) is 15.6 Å². The zero-order valence-corrected chi connectivity index (χ0v) is 13.3. The molecule has 118 valence electrons. The largest absolute Gasteiger partial charge is 0.508 e. The van der Waals surface area contributed by atoms with E-state index >= 15 is 0 Å². The Hall–Kier alpha value is -2.67. The van der Waals surface area contributed by atoms with Gasteiger partial charge in [0.05, 0.1) is 10.2 Å². The van der Waals surface area contributed by atoms with Gasteiger partial charge >= 0.3 is 6.03 Å². The summed E-state index contributed by atoms with van der Waals surface area (Å²) in [4.78, 5) is 16.2. The van der Waals surface area contributed by atoms with Crippen LogP contribution >= 0.6 is 11.3 Å². The van der Waals surface area contributed by atoms with Crippen molar-refractivity contribution in [2.45, 2.75) is 13.8 Å². The molecule has 0 saturated carbocycles. The summed E-state index contributed by atoms with van der Waals surface area (Å²) in [6.45, 7) is 3.46. The molecule has 0 spiro atoms. The zero-order chi connectivity index (χ0) is 16.6. The molecule has 23 heavy (non-hydrogen) atoms. The summed E-state index contributed by atoms with van der Waals surface area (Å²) in [5.74, 6) is -0.185. The summed E-state index contributed by atoms with van der Waals surface area (Å²) >= 11 is 1.28. The number of halogens is 1. The van der Waals surface area contributed by atoms with Crippen LogP contribution in [-0.4, -0.2) is 16.1 Å². The molecule has 2 aromatic carbocycles. The molecule has 3 rings (SSSR count). The molecule has 0 aliphatic heterocycles. The van der Waals surface area contributed by atoms with Crippen molar-refractivity contribution in [3.05, 3.63) is 47.3 Å². The van der Waals surface area contributed by atoms with Gasteiger partial charge in [-0.25, -0.2) is 14.2 Å². The van der Waals surface area contributed by atoms with Gasteiger partial charge < -0.3 is 10.4 Å². The van der Waals surface area contributed by atoms with Crippen LogP contribution in [0.4, 0.5) is 20.0 Å². The highest BCUT2D eigenvalue weighted by Gasteiger charge is 2.11. The molecule has 7 heteroatoms. The van der Waals surface area contributed by atoms with E-state index in [0.717, 1.165) is 10.3 Å². The number of phenolic OH excluding ortho intramolecular Hbond substituents is 1. The molecular weight excluding hydrogens is 317 g/mol. The third-order valence-electron chi connectivity index (χ3n) is 3.35. The Labute approximate surface area is 135 Å². The van der Waals surface area contributed by atoms with Gasteiger partial charge in [0.2, 0.25) is 0 Å². The third-order valence-corrected chi connectivity index (χ3v) is 4.28. The van der Waals surface area contributed by atoms with Crippen LogP contribution < -0.4 is 10.6 Å². The van der Waals surface area contributed by atoms with Gasteiger partial charge in [0.25, 0.3) is 0 Å². The van der Waals surface area contributed by atoms with E-state index in [4.69, 9.17) is 0 Å². The number of amides is 2. The standard InChI is InChI=1S/C16H14FN3O2S/c1-8-6-14-13(7-11(8)17)19-16(23-14)20-15(22)18-12-4-3-10(21)5-9(12)2/h3-7,21H,1-2H3,(H2,18,19,20,22). The van der Waals surface area contributed by atoms with Crippen molar-refractivity contribution in [1.82, 2.24) is 4.98 Å².